The van der Waals surface area contributed by atoms with Gasteiger partial charge in [-0.2, -0.15) is 9.61 Å². The Kier molecular flexibility index (Phi) is 5.07. The van der Waals surface area contributed by atoms with Crippen LogP contribution in [0.3, 0.4) is 0 Å². The van der Waals surface area contributed by atoms with Crippen molar-refractivity contribution in [1.82, 2.24) is 19.5 Å². The largest absolute Gasteiger partial charge is 0.303 e. The summed E-state index contributed by atoms with van der Waals surface area (Å²) in [4.78, 5) is 20.7. The van der Waals surface area contributed by atoms with E-state index in [4.69, 9.17) is 11.6 Å². The van der Waals surface area contributed by atoms with Gasteiger partial charge in [0.05, 0.1) is 0 Å². The molecule has 1 saturated heterocycles. The Morgan fingerprint density at radius 1 is 1.15 bits per heavy atom. The minimum Gasteiger partial charge on any atom is -0.303 e. The highest BCUT2D eigenvalue weighted by Gasteiger charge is 2.16. The Morgan fingerprint density at radius 2 is 1.88 bits per heavy atom. The molecule has 0 unspecified atom stereocenters. The molecule has 1 fully saturated rings. The number of aromatic nitrogens is 3. The third-order valence-electron chi connectivity index (χ3n) is 4.93. The molecule has 0 spiro atoms. The van der Waals surface area contributed by atoms with Crippen molar-refractivity contribution in [2.45, 2.75) is 32.6 Å². The zero-order valence-electron chi connectivity index (χ0n) is 14.7. The fraction of sp³-hybridized carbons (Fsp3) is 0.421. The van der Waals surface area contributed by atoms with Crippen molar-refractivity contribution in [3.05, 3.63) is 50.9 Å². The molecule has 0 bridgehead atoms. The third kappa shape index (κ3) is 3.54. The molecule has 4 rings (SSSR count). The number of fused-ring (bicyclic) bond motifs is 1. The number of hydrogen-bond donors (Lipinski definition) is 0. The van der Waals surface area contributed by atoms with E-state index >= 15 is 0 Å². The first-order valence-corrected chi connectivity index (χ1v) is 10.2. The lowest BCUT2D eigenvalue weighted by atomic mass is 10.1. The summed E-state index contributed by atoms with van der Waals surface area (Å²) < 4.78 is 1.45. The Labute approximate surface area is 161 Å². The summed E-state index contributed by atoms with van der Waals surface area (Å²) in [5.41, 5.74) is 2.50. The van der Waals surface area contributed by atoms with Crippen molar-refractivity contribution in [1.29, 1.82) is 0 Å². The molecule has 2 aromatic heterocycles. The summed E-state index contributed by atoms with van der Waals surface area (Å²) in [6.07, 6.45) is 4.56. The van der Waals surface area contributed by atoms with Crippen molar-refractivity contribution in [3.63, 3.8) is 0 Å². The van der Waals surface area contributed by atoms with Crippen LogP contribution < -0.4 is 5.56 Å². The predicted octanol–water partition coefficient (Wildman–Crippen LogP) is 3.81. The van der Waals surface area contributed by atoms with Gasteiger partial charge in [0.1, 0.15) is 5.01 Å². The van der Waals surface area contributed by atoms with Gasteiger partial charge in [-0.15, -0.1) is 0 Å². The van der Waals surface area contributed by atoms with E-state index in [-0.39, 0.29) is 5.56 Å². The molecule has 0 atom stereocenters. The highest BCUT2D eigenvalue weighted by molar-refractivity contribution is 7.19. The van der Waals surface area contributed by atoms with Gasteiger partial charge in [0, 0.05) is 28.4 Å². The van der Waals surface area contributed by atoms with Crippen molar-refractivity contribution in [3.8, 4) is 10.6 Å². The number of hydrogen-bond acceptors (Lipinski definition) is 5. The second kappa shape index (κ2) is 7.47. The number of aryl methyl sites for hydroxylation is 1. The lowest BCUT2D eigenvalue weighted by Gasteiger charge is -2.26. The first kappa shape index (κ1) is 17.6. The monoisotopic (exact) mass is 388 g/mol. The van der Waals surface area contributed by atoms with Crippen LogP contribution in [0.25, 0.3) is 15.5 Å². The van der Waals surface area contributed by atoms with Gasteiger partial charge in [-0.1, -0.05) is 41.5 Å². The van der Waals surface area contributed by atoms with Gasteiger partial charge in [-0.25, -0.2) is 4.98 Å². The van der Waals surface area contributed by atoms with Crippen LogP contribution in [0.2, 0.25) is 5.02 Å². The minimum atomic E-state index is -0.0408. The van der Waals surface area contributed by atoms with Crippen LogP contribution >= 0.6 is 22.9 Å². The molecular formula is C19H21ClN4OS. The number of benzene rings is 1. The summed E-state index contributed by atoms with van der Waals surface area (Å²) in [6.45, 7) is 5.10. The standard InChI is InChI=1S/C19H21ClN4OS/c1-13-16(9-12-23-10-3-2-4-11-23)18(25)24-19(21-13)26-17(22-24)14-5-7-15(20)8-6-14/h5-8H,2-4,9-12H2,1H3. The van der Waals surface area contributed by atoms with E-state index < -0.39 is 0 Å². The molecular weight excluding hydrogens is 368 g/mol. The summed E-state index contributed by atoms with van der Waals surface area (Å²) in [7, 11) is 0. The van der Waals surface area contributed by atoms with Crippen molar-refractivity contribution >= 4 is 27.9 Å². The summed E-state index contributed by atoms with van der Waals surface area (Å²) in [5, 5.41) is 5.97. The van der Waals surface area contributed by atoms with Gasteiger partial charge >= 0.3 is 0 Å². The van der Waals surface area contributed by atoms with Crippen LogP contribution in [-0.2, 0) is 6.42 Å². The summed E-state index contributed by atoms with van der Waals surface area (Å²) in [5.74, 6) is 0. The maximum atomic E-state index is 12.9. The van der Waals surface area contributed by atoms with Gasteiger partial charge in [-0.05, 0) is 51.4 Å². The molecule has 0 saturated carbocycles. The summed E-state index contributed by atoms with van der Waals surface area (Å²) in [6, 6.07) is 7.48. The van der Waals surface area contributed by atoms with Gasteiger partial charge in [0.25, 0.3) is 5.56 Å². The second-order valence-electron chi connectivity index (χ2n) is 6.74. The van der Waals surface area contributed by atoms with E-state index in [0.717, 1.165) is 47.9 Å². The Morgan fingerprint density at radius 3 is 2.62 bits per heavy atom. The minimum absolute atomic E-state index is 0.0408. The number of piperidine rings is 1. The fourth-order valence-electron chi connectivity index (χ4n) is 3.43. The molecule has 0 radical (unpaired) electrons. The number of nitrogens with zero attached hydrogens (tertiary/aromatic N) is 4. The van der Waals surface area contributed by atoms with E-state index in [1.807, 2.05) is 31.2 Å². The van der Waals surface area contributed by atoms with E-state index in [1.54, 1.807) is 0 Å². The van der Waals surface area contributed by atoms with Gasteiger partial charge in [-0.3, -0.25) is 4.79 Å². The molecule has 0 aliphatic carbocycles. The van der Waals surface area contributed by atoms with Crippen LogP contribution in [-0.4, -0.2) is 39.1 Å². The fourth-order valence-corrected chi connectivity index (χ4v) is 4.50. The van der Waals surface area contributed by atoms with Crippen LogP contribution in [0.4, 0.5) is 0 Å². The van der Waals surface area contributed by atoms with E-state index in [1.165, 1.54) is 35.1 Å². The van der Waals surface area contributed by atoms with Crippen LogP contribution in [0, 0.1) is 6.92 Å². The molecule has 26 heavy (non-hydrogen) atoms. The summed E-state index contributed by atoms with van der Waals surface area (Å²) >= 11 is 7.38. The highest BCUT2D eigenvalue weighted by Crippen LogP contribution is 2.26. The normalized spacial score (nSPS) is 15.6. The Hall–Kier alpha value is -1.76. The Bertz CT molecular complexity index is 974. The van der Waals surface area contributed by atoms with Crippen molar-refractivity contribution < 1.29 is 0 Å². The van der Waals surface area contributed by atoms with Crippen molar-refractivity contribution in [2.24, 2.45) is 0 Å². The first-order chi connectivity index (χ1) is 12.6. The average molecular weight is 389 g/mol. The maximum Gasteiger partial charge on any atom is 0.278 e. The molecule has 5 nitrogen and oxygen atoms in total. The molecule has 7 heteroatoms. The molecule has 0 N–H and O–H groups in total. The van der Waals surface area contributed by atoms with Crippen LogP contribution in [0.15, 0.2) is 29.1 Å². The lowest BCUT2D eigenvalue weighted by Crippen LogP contribution is -2.33. The number of likely N-dealkylation sites (tertiary alicyclic amines) is 1. The highest BCUT2D eigenvalue weighted by atomic mass is 35.5. The average Bonchev–Trinajstić information content (AvgIpc) is 3.07. The van der Waals surface area contributed by atoms with E-state index in [2.05, 4.69) is 15.0 Å². The van der Waals surface area contributed by atoms with Crippen LogP contribution in [0.5, 0.6) is 0 Å². The molecule has 1 aromatic carbocycles. The van der Waals surface area contributed by atoms with E-state index in [9.17, 15) is 4.79 Å². The lowest BCUT2D eigenvalue weighted by molar-refractivity contribution is 0.231. The quantitative estimate of drug-likeness (QED) is 0.682. The zero-order chi connectivity index (χ0) is 18.1. The van der Waals surface area contributed by atoms with Gasteiger partial charge < -0.3 is 4.90 Å². The van der Waals surface area contributed by atoms with Gasteiger partial charge in [0.2, 0.25) is 4.96 Å². The molecule has 3 aromatic rings. The zero-order valence-corrected chi connectivity index (χ0v) is 16.3. The SMILES string of the molecule is Cc1nc2sc(-c3ccc(Cl)cc3)nn2c(=O)c1CCN1CCCCC1. The van der Waals surface area contributed by atoms with E-state index in [0.29, 0.717) is 9.98 Å². The third-order valence-corrected chi connectivity index (χ3v) is 6.14. The smallest absolute Gasteiger partial charge is 0.278 e. The van der Waals surface area contributed by atoms with Crippen LogP contribution in [0.1, 0.15) is 30.5 Å². The first-order valence-electron chi connectivity index (χ1n) is 8.99. The molecule has 1 aliphatic heterocycles. The predicted molar refractivity (Wildman–Crippen MR) is 106 cm³/mol. The maximum absolute atomic E-state index is 12.9. The van der Waals surface area contributed by atoms with Gasteiger partial charge in [0.15, 0.2) is 0 Å². The number of rotatable bonds is 4. The number of halogens is 1. The molecule has 1 aliphatic rings. The topological polar surface area (TPSA) is 50.5 Å². The molecule has 3 heterocycles. The van der Waals surface area contributed by atoms with Crippen molar-refractivity contribution in [2.75, 3.05) is 19.6 Å². The molecule has 136 valence electrons. The Balaban J connectivity index is 1.64. The molecule has 0 amide bonds. The second-order valence-corrected chi connectivity index (χ2v) is 8.13.